The molecule has 0 spiro atoms. The molecule has 0 saturated carbocycles. The average Bonchev–Trinajstić information content (AvgIpc) is 1.82. The van der Waals surface area contributed by atoms with Gasteiger partial charge in [-0.3, -0.25) is 5.21 Å². The van der Waals surface area contributed by atoms with Crippen LogP contribution in [0.4, 0.5) is 0 Å². The molecular formula is C7H10NO2+. The van der Waals surface area contributed by atoms with Gasteiger partial charge in [-0.25, -0.2) is 0 Å². The molecule has 0 radical (unpaired) electrons. The number of aromatic nitrogens is 1. The second-order valence-corrected chi connectivity index (χ2v) is 2.34. The molecule has 0 aliphatic carbocycles. The Bertz CT molecular complexity index is 235. The summed E-state index contributed by atoms with van der Waals surface area (Å²) in [6.45, 7) is 3.57. The van der Waals surface area contributed by atoms with Gasteiger partial charge in [0, 0.05) is 17.7 Å². The van der Waals surface area contributed by atoms with Crippen molar-refractivity contribution in [2.24, 2.45) is 0 Å². The van der Waals surface area contributed by atoms with E-state index in [0.29, 0.717) is 5.69 Å². The van der Waals surface area contributed by atoms with Crippen LogP contribution in [0.5, 0.6) is 5.88 Å². The molecule has 3 heteroatoms. The van der Waals surface area contributed by atoms with Crippen LogP contribution in [0.1, 0.15) is 11.3 Å². The summed E-state index contributed by atoms with van der Waals surface area (Å²) in [5.41, 5.74) is 1.55. The number of aromatic hydroxyl groups is 1. The highest BCUT2D eigenvalue weighted by Gasteiger charge is 2.11. The van der Waals surface area contributed by atoms with Gasteiger partial charge in [0.1, 0.15) is 0 Å². The SMILES string of the molecule is Cc1cc(C)[n+](O)c(O)c1. The molecule has 0 saturated heterocycles. The first kappa shape index (κ1) is 6.86. The molecule has 0 aromatic carbocycles. The largest absolute Gasteiger partial charge is 0.457 e. The fourth-order valence-electron chi connectivity index (χ4n) is 0.878. The highest BCUT2D eigenvalue weighted by molar-refractivity contribution is 5.16. The Morgan fingerprint density at radius 1 is 1.30 bits per heavy atom. The van der Waals surface area contributed by atoms with Crippen LogP contribution in [0.15, 0.2) is 12.1 Å². The highest BCUT2D eigenvalue weighted by atomic mass is 16.5. The van der Waals surface area contributed by atoms with E-state index in [1.165, 1.54) is 6.07 Å². The molecule has 0 amide bonds. The van der Waals surface area contributed by atoms with Gasteiger partial charge in [-0.05, 0) is 12.5 Å². The second-order valence-electron chi connectivity index (χ2n) is 2.34. The lowest BCUT2D eigenvalue weighted by Crippen LogP contribution is -2.33. The molecule has 0 aliphatic rings. The predicted octanol–water partition coefficient (Wildman–Crippen LogP) is 0.534. The summed E-state index contributed by atoms with van der Waals surface area (Å²) < 4.78 is 0.743. The molecule has 1 aromatic heterocycles. The summed E-state index contributed by atoms with van der Waals surface area (Å²) >= 11 is 0. The van der Waals surface area contributed by atoms with Crippen LogP contribution in [-0.4, -0.2) is 10.3 Å². The van der Waals surface area contributed by atoms with E-state index in [4.69, 9.17) is 10.3 Å². The third-order valence-corrected chi connectivity index (χ3v) is 1.34. The second kappa shape index (κ2) is 2.17. The summed E-state index contributed by atoms with van der Waals surface area (Å²) in [6, 6.07) is 3.27. The van der Waals surface area contributed by atoms with Crippen molar-refractivity contribution < 1.29 is 15.0 Å². The molecule has 3 nitrogen and oxygen atoms in total. The maximum atomic E-state index is 9.00. The molecule has 2 N–H and O–H groups in total. The van der Waals surface area contributed by atoms with Gasteiger partial charge >= 0.3 is 5.88 Å². The molecule has 10 heavy (non-hydrogen) atoms. The molecular weight excluding hydrogens is 130 g/mol. The van der Waals surface area contributed by atoms with Crippen molar-refractivity contribution in [2.45, 2.75) is 13.8 Å². The Kier molecular flexibility index (Phi) is 1.49. The van der Waals surface area contributed by atoms with Gasteiger partial charge < -0.3 is 5.11 Å². The van der Waals surface area contributed by atoms with E-state index in [1.54, 1.807) is 13.0 Å². The van der Waals surface area contributed by atoms with Crippen molar-refractivity contribution in [1.82, 2.24) is 0 Å². The summed E-state index contributed by atoms with van der Waals surface area (Å²) in [5, 5.41) is 18.0. The average molecular weight is 140 g/mol. The third kappa shape index (κ3) is 1.03. The lowest BCUT2D eigenvalue weighted by Gasteiger charge is -1.92. The number of pyridine rings is 1. The molecule has 0 atom stereocenters. The lowest BCUT2D eigenvalue weighted by atomic mass is 10.2. The Morgan fingerprint density at radius 3 is 2.40 bits per heavy atom. The van der Waals surface area contributed by atoms with Gasteiger partial charge in [0.15, 0.2) is 0 Å². The Labute approximate surface area is 59.1 Å². The van der Waals surface area contributed by atoms with E-state index in [0.717, 1.165) is 10.3 Å². The molecule has 1 rings (SSSR count). The van der Waals surface area contributed by atoms with Crippen molar-refractivity contribution in [3.63, 3.8) is 0 Å². The molecule has 0 bridgehead atoms. The molecule has 1 heterocycles. The monoisotopic (exact) mass is 140 g/mol. The van der Waals surface area contributed by atoms with Crippen molar-refractivity contribution in [3.05, 3.63) is 23.4 Å². The van der Waals surface area contributed by atoms with Crippen molar-refractivity contribution in [3.8, 4) is 5.88 Å². The van der Waals surface area contributed by atoms with Gasteiger partial charge in [-0.15, -0.1) is 0 Å². The van der Waals surface area contributed by atoms with Crippen molar-refractivity contribution in [2.75, 3.05) is 0 Å². The lowest BCUT2D eigenvalue weighted by molar-refractivity contribution is -0.910. The highest BCUT2D eigenvalue weighted by Crippen LogP contribution is 2.05. The molecule has 0 unspecified atom stereocenters. The van der Waals surface area contributed by atoms with E-state index in [9.17, 15) is 0 Å². The summed E-state index contributed by atoms with van der Waals surface area (Å²) in [4.78, 5) is 0. The number of hydrogen-bond donors (Lipinski definition) is 2. The van der Waals surface area contributed by atoms with Gasteiger partial charge in [0.2, 0.25) is 5.69 Å². The Balaban J connectivity index is 3.31. The molecule has 1 aromatic rings. The van der Waals surface area contributed by atoms with Gasteiger partial charge in [0.05, 0.1) is 6.07 Å². The van der Waals surface area contributed by atoms with Gasteiger partial charge in [-0.1, -0.05) is 0 Å². The van der Waals surface area contributed by atoms with Crippen LogP contribution < -0.4 is 4.73 Å². The van der Waals surface area contributed by atoms with E-state index in [2.05, 4.69) is 0 Å². The van der Waals surface area contributed by atoms with Crippen molar-refractivity contribution >= 4 is 0 Å². The number of hydrogen-bond acceptors (Lipinski definition) is 2. The third-order valence-electron chi connectivity index (χ3n) is 1.34. The standard InChI is InChI=1S/C7H9NO2/c1-5-3-6(2)8(10)7(9)4-5/h3-4,10H,1-2H3/p+1. The fourth-order valence-corrected chi connectivity index (χ4v) is 0.878. The minimum atomic E-state index is -0.127. The predicted molar refractivity (Wildman–Crippen MR) is 35.0 cm³/mol. The Morgan fingerprint density at radius 2 is 1.90 bits per heavy atom. The van der Waals surface area contributed by atoms with Crippen LogP contribution in [0.3, 0.4) is 0 Å². The number of nitrogens with zero attached hydrogens (tertiary/aromatic N) is 1. The van der Waals surface area contributed by atoms with E-state index >= 15 is 0 Å². The van der Waals surface area contributed by atoms with Crippen LogP contribution in [0, 0.1) is 13.8 Å². The normalized spacial score (nSPS) is 9.80. The van der Waals surface area contributed by atoms with E-state index in [-0.39, 0.29) is 5.88 Å². The quantitative estimate of drug-likeness (QED) is 0.408. The van der Waals surface area contributed by atoms with Crippen LogP contribution in [0.2, 0.25) is 0 Å². The number of rotatable bonds is 0. The van der Waals surface area contributed by atoms with Gasteiger partial charge in [-0.2, -0.15) is 0 Å². The summed E-state index contributed by atoms with van der Waals surface area (Å²) in [5.74, 6) is -0.127. The minimum absolute atomic E-state index is 0.127. The molecule has 54 valence electrons. The first-order valence-electron chi connectivity index (χ1n) is 3.03. The van der Waals surface area contributed by atoms with Crippen LogP contribution >= 0.6 is 0 Å². The topological polar surface area (TPSA) is 44.3 Å². The first-order valence-corrected chi connectivity index (χ1v) is 3.03. The maximum absolute atomic E-state index is 9.00. The van der Waals surface area contributed by atoms with Crippen molar-refractivity contribution in [1.29, 1.82) is 0 Å². The van der Waals surface area contributed by atoms with Gasteiger partial charge in [0.25, 0.3) is 0 Å². The maximum Gasteiger partial charge on any atom is 0.414 e. The Hall–Kier alpha value is -1.25. The fraction of sp³-hybridized carbons (Fsp3) is 0.286. The molecule has 0 aliphatic heterocycles. The smallest absolute Gasteiger partial charge is 0.414 e. The number of aryl methyl sites for hydroxylation is 2. The minimum Gasteiger partial charge on any atom is -0.457 e. The first-order chi connectivity index (χ1) is 4.61. The summed E-state index contributed by atoms with van der Waals surface area (Å²) in [6.07, 6.45) is 0. The van der Waals surface area contributed by atoms with Crippen LogP contribution in [-0.2, 0) is 0 Å². The zero-order valence-electron chi connectivity index (χ0n) is 6.00. The summed E-state index contributed by atoms with van der Waals surface area (Å²) in [7, 11) is 0. The van der Waals surface area contributed by atoms with E-state index < -0.39 is 0 Å². The van der Waals surface area contributed by atoms with Crippen LogP contribution in [0.25, 0.3) is 0 Å². The molecule has 0 fully saturated rings. The zero-order valence-corrected chi connectivity index (χ0v) is 6.00. The zero-order chi connectivity index (χ0) is 7.72. The van der Waals surface area contributed by atoms with E-state index in [1.807, 2.05) is 6.92 Å².